The van der Waals surface area contributed by atoms with Gasteiger partial charge in [0.2, 0.25) is 0 Å². The molecule has 0 fully saturated rings. The molecule has 1 unspecified atom stereocenters. The van der Waals surface area contributed by atoms with E-state index in [0.717, 1.165) is 12.8 Å². The fraction of sp³-hybridized carbons (Fsp3) is 0.476. The molecule has 5 nitrogen and oxygen atoms in total. The summed E-state index contributed by atoms with van der Waals surface area (Å²) >= 11 is 0. The Morgan fingerprint density at radius 3 is 2.73 bits per heavy atom. The lowest BCUT2D eigenvalue weighted by molar-refractivity contribution is 0.0293. The van der Waals surface area contributed by atoms with Crippen LogP contribution in [-0.4, -0.2) is 30.9 Å². The number of rotatable bonds is 7. The van der Waals surface area contributed by atoms with Crippen molar-refractivity contribution in [2.45, 2.75) is 53.1 Å². The van der Waals surface area contributed by atoms with Gasteiger partial charge in [-0.25, -0.2) is 4.79 Å². The molecule has 1 heterocycles. The summed E-state index contributed by atoms with van der Waals surface area (Å²) in [5.41, 5.74) is 3.35. The van der Waals surface area contributed by atoms with E-state index in [1.807, 2.05) is 13.0 Å². The van der Waals surface area contributed by atoms with Crippen LogP contribution in [0.1, 0.15) is 56.5 Å². The highest BCUT2D eigenvalue weighted by Gasteiger charge is 2.31. The van der Waals surface area contributed by atoms with Crippen LogP contribution in [0.5, 0.6) is 17.2 Å². The monoisotopic (exact) mass is 360 g/mol. The van der Waals surface area contributed by atoms with Gasteiger partial charge in [-0.05, 0) is 46.6 Å². The van der Waals surface area contributed by atoms with E-state index in [-0.39, 0.29) is 17.4 Å². The molecular weight excluding hydrogens is 332 g/mol. The summed E-state index contributed by atoms with van der Waals surface area (Å²) in [6, 6.07) is 1.42. The first-order valence-electron chi connectivity index (χ1n) is 8.89. The van der Waals surface area contributed by atoms with Gasteiger partial charge in [0, 0.05) is 18.1 Å². The number of phenolic OH excluding ortho intramolecular Hbond substituents is 1. The summed E-state index contributed by atoms with van der Waals surface area (Å²) in [5.74, 6) is 0.240. The second-order valence-corrected chi connectivity index (χ2v) is 6.88. The van der Waals surface area contributed by atoms with Crippen LogP contribution in [0.25, 0.3) is 0 Å². The summed E-state index contributed by atoms with van der Waals surface area (Å²) in [4.78, 5) is 12.1. The van der Waals surface area contributed by atoms with Crippen LogP contribution in [0, 0.1) is 0 Å². The fourth-order valence-electron chi connectivity index (χ4n) is 2.97. The van der Waals surface area contributed by atoms with Gasteiger partial charge in [0.05, 0.1) is 7.11 Å². The molecule has 0 aromatic heterocycles. The number of allylic oxidation sites excluding steroid dienone is 3. The smallest absolute Gasteiger partial charge is 0.342 e. The van der Waals surface area contributed by atoms with Crippen molar-refractivity contribution in [1.82, 2.24) is 0 Å². The minimum absolute atomic E-state index is 0.142. The minimum atomic E-state index is -0.531. The van der Waals surface area contributed by atoms with E-state index in [2.05, 4.69) is 26.8 Å². The molecule has 1 aromatic rings. The highest BCUT2D eigenvalue weighted by Crippen LogP contribution is 2.42. The van der Waals surface area contributed by atoms with E-state index in [9.17, 15) is 9.90 Å². The largest absolute Gasteiger partial charge is 0.507 e. The standard InChI is InChI=1S/C21H28O5/c1-13(2)7-6-8-14(3)9-10-25-18-12-17(22)19-16(20(18)24-5)11-15(4)26-21(19)23/h7,9,12,15,22H,6,8,10-11H2,1-5H3. The van der Waals surface area contributed by atoms with E-state index in [0.29, 0.717) is 30.1 Å². The van der Waals surface area contributed by atoms with E-state index in [1.54, 1.807) is 0 Å². The molecule has 0 amide bonds. The molecule has 0 radical (unpaired) electrons. The lowest BCUT2D eigenvalue weighted by atomic mass is 9.96. The van der Waals surface area contributed by atoms with E-state index in [1.165, 1.54) is 24.3 Å². The first kappa shape index (κ1) is 19.9. The van der Waals surface area contributed by atoms with Crippen LogP contribution >= 0.6 is 0 Å². The average molecular weight is 360 g/mol. The SMILES string of the molecule is COc1c(OCC=C(C)CCC=C(C)C)cc(O)c2c1CC(C)OC2=O. The van der Waals surface area contributed by atoms with Crippen LogP contribution in [-0.2, 0) is 11.2 Å². The third-order valence-electron chi connectivity index (χ3n) is 4.29. The predicted molar refractivity (Wildman–Crippen MR) is 101 cm³/mol. The maximum Gasteiger partial charge on any atom is 0.342 e. The van der Waals surface area contributed by atoms with Crippen molar-refractivity contribution in [3.05, 3.63) is 40.5 Å². The van der Waals surface area contributed by atoms with Gasteiger partial charge in [-0.2, -0.15) is 0 Å². The van der Waals surface area contributed by atoms with Crippen LogP contribution in [0.3, 0.4) is 0 Å². The number of fused-ring (bicyclic) bond motifs is 1. The summed E-state index contributed by atoms with van der Waals surface area (Å²) in [5, 5.41) is 10.2. The van der Waals surface area contributed by atoms with E-state index >= 15 is 0 Å². The van der Waals surface area contributed by atoms with Crippen molar-refractivity contribution in [2.24, 2.45) is 0 Å². The average Bonchev–Trinajstić information content (AvgIpc) is 2.53. The maximum absolute atomic E-state index is 12.1. The molecule has 2 rings (SSSR count). The van der Waals surface area contributed by atoms with Gasteiger partial charge in [-0.1, -0.05) is 17.2 Å². The number of carbonyl (C=O) groups is 1. The van der Waals surface area contributed by atoms with Gasteiger partial charge >= 0.3 is 5.97 Å². The van der Waals surface area contributed by atoms with E-state index in [4.69, 9.17) is 14.2 Å². The lowest BCUT2D eigenvalue weighted by Gasteiger charge is -2.25. The maximum atomic E-state index is 12.1. The molecule has 1 N–H and O–H groups in total. The summed E-state index contributed by atoms with van der Waals surface area (Å²) in [6.45, 7) is 8.43. The topological polar surface area (TPSA) is 65.0 Å². The van der Waals surface area contributed by atoms with Crippen molar-refractivity contribution >= 4 is 5.97 Å². The second-order valence-electron chi connectivity index (χ2n) is 6.88. The molecular formula is C21H28O5. The Bertz CT molecular complexity index is 726. The van der Waals surface area contributed by atoms with E-state index < -0.39 is 5.97 Å². The zero-order chi connectivity index (χ0) is 19.3. The molecule has 1 aromatic carbocycles. The first-order chi connectivity index (χ1) is 12.3. The van der Waals surface area contributed by atoms with Crippen molar-refractivity contribution in [3.63, 3.8) is 0 Å². The molecule has 0 saturated heterocycles. The minimum Gasteiger partial charge on any atom is -0.507 e. The molecule has 1 atom stereocenters. The molecule has 0 bridgehead atoms. The van der Waals surface area contributed by atoms with Crippen LogP contribution in [0.15, 0.2) is 29.4 Å². The Hall–Kier alpha value is -2.43. The summed E-state index contributed by atoms with van der Waals surface area (Å²) in [6.07, 6.45) is 6.43. The number of benzene rings is 1. The molecule has 1 aliphatic heterocycles. The lowest BCUT2D eigenvalue weighted by Crippen LogP contribution is -2.26. The van der Waals surface area contributed by atoms with Crippen molar-refractivity contribution < 1.29 is 24.1 Å². The number of hydrogen-bond donors (Lipinski definition) is 1. The first-order valence-corrected chi connectivity index (χ1v) is 8.89. The molecule has 142 valence electrons. The summed E-state index contributed by atoms with van der Waals surface area (Å²) in [7, 11) is 1.53. The summed E-state index contributed by atoms with van der Waals surface area (Å²) < 4.78 is 16.5. The number of aromatic hydroxyl groups is 1. The molecule has 0 saturated carbocycles. The van der Waals surface area contributed by atoms with Crippen LogP contribution in [0.2, 0.25) is 0 Å². The number of cyclic esters (lactones) is 1. The van der Waals surface area contributed by atoms with Gasteiger partial charge in [0.25, 0.3) is 0 Å². The van der Waals surface area contributed by atoms with Crippen molar-refractivity contribution in [1.29, 1.82) is 0 Å². The van der Waals surface area contributed by atoms with Crippen LogP contribution in [0.4, 0.5) is 0 Å². The molecule has 1 aliphatic rings. The Morgan fingerprint density at radius 1 is 1.35 bits per heavy atom. The Morgan fingerprint density at radius 2 is 2.08 bits per heavy atom. The zero-order valence-electron chi connectivity index (χ0n) is 16.2. The molecule has 0 spiro atoms. The Kier molecular flexibility index (Phi) is 6.72. The van der Waals surface area contributed by atoms with Gasteiger partial charge < -0.3 is 19.3 Å². The number of hydrogen-bond acceptors (Lipinski definition) is 5. The fourth-order valence-corrected chi connectivity index (χ4v) is 2.97. The zero-order valence-corrected chi connectivity index (χ0v) is 16.2. The van der Waals surface area contributed by atoms with Crippen molar-refractivity contribution in [3.8, 4) is 17.2 Å². The van der Waals surface area contributed by atoms with Crippen molar-refractivity contribution in [2.75, 3.05) is 13.7 Å². The van der Waals surface area contributed by atoms with Gasteiger partial charge in [-0.3, -0.25) is 0 Å². The number of ether oxygens (including phenoxy) is 3. The quantitative estimate of drug-likeness (QED) is 0.570. The second kappa shape index (κ2) is 8.79. The highest BCUT2D eigenvalue weighted by molar-refractivity contribution is 5.96. The molecule has 0 aliphatic carbocycles. The van der Waals surface area contributed by atoms with Gasteiger partial charge in [0.15, 0.2) is 11.5 Å². The van der Waals surface area contributed by atoms with Crippen LogP contribution < -0.4 is 9.47 Å². The molecule has 5 heteroatoms. The Balaban J connectivity index is 2.15. The highest BCUT2D eigenvalue weighted by atomic mass is 16.5. The van der Waals surface area contributed by atoms with Gasteiger partial charge in [0.1, 0.15) is 24.0 Å². The third kappa shape index (κ3) is 4.81. The normalized spacial score (nSPS) is 16.6. The predicted octanol–water partition coefficient (Wildman–Crippen LogP) is 4.57. The molecule has 26 heavy (non-hydrogen) atoms. The Labute approximate surface area is 155 Å². The number of esters is 1. The number of carbonyl (C=O) groups excluding carboxylic acids is 1. The third-order valence-corrected chi connectivity index (χ3v) is 4.29. The number of phenols is 1. The number of methoxy groups -OCH3 is 1. The van der Waals surface area contributed by atoms with Gasteiger partial charge in [-0.15, -0.1) is 0 Å².